The van der Waals surface area contributed by atoms with E-state index >= 15 is 0 Å². The number of likely N-dealkylation sites (tertiary alicyclic amines) is 1. The van der Waals surface area contributed by atoms with Gasteiger partial charge in [0.2, 0.25) is 0 Å². The first kappa shape index (κ1) is 12.7. The summed E-state index contributed by atoms with van der Waals surface area (Å²) < 4.78 is 0. The van der Waals surface area contributed by atoms with E-state index in [1.54, 1.807) is 6.07 Å². The van der Waals surface area contributed by atoms with Gasteiger partial charge in [-0.15, -0.1) is 0 Å². The number of piperidine rings is 1. The Bertz CT molecular complexity index is 457. The van der Waals surface area contributed by atoms with Crippen LogP contribution in [0.25, 0.3) is 0 Å². The van der Waals surface area contributed by atoms with Gasteiger partial charge < -0.3 is 5.11 Å². The maximum atomic E-state index is 10.3. The van der Waals surface area contributed by atoms with Gasteiger partial charge in [-0.2, -0.15) is 0 Å². The molecular weight excluding hydrogens is 269 g/mol. The first-order chi connectivity index (χ1) is 8.66. The van der Waals surface area contributed by atoms with Crippen molar-refractivity contribution in [2.45, 2.75) is 37.8 Å². The molecule has 98 valence electrons. The zero-order valence-corrected chi connectivity index (χ0v) is 11.7. The van der Waals surface area contributed by atoms with Crippen LogP contribution >= 0.6 is 23.2 Å². The van der Waals surface area contributed by atoms with E-state index < -0.39 is 0 Å². The number of rotatable bonds is 1. The molecule has 2 aliphatic rings. The Balaban J connectivity index is 1.97. The number of nitrogens with zero attached hydrogens (tertiary/aromatic N) is 1. The van der Waals surface area contributed by atoms with Crippen LogP contribution in [0, 0.1) is 0 Å². The molecule has 1 N–H and O–H groups in total. The smallest absolute Gasteiger partial charge is 0.0778 e. The Labute approximate surface area is 117 Å². The van der Waals surface area contributed by atoms with Crippen LogP contribution in [0.2, 0.25) is 10.0 Å². The van der Waals surface area contributed by atoms with Gasteiger partial charge in [-0.05, 0) is 49.2 Å². The Morgan fingerprint density at radius 2 is 1.83 bits per heavy atom. The summed E-state index contributed by atoms with van der Waals surface area (Å²) in [5, 5.41) is 11.7. The fourth-order valence-electron chi connectivity index (χ4n) is 3.27. The third kappa shape index (κ3) is 2.16. The molecular formula is C14H17Cl2NO. The largest absolute Gasteiger partial charge is 0.391 e. The quantitative estimate of drug-likeness (QED) is 0.855. The summed E-state index contributed by atoms with van der Waals surface area (Å²) >= 11 is 12.3. The number of aliphatic hydroxyl groups is 1. The lowest BCUT2D eigenvalue weighted by molar-refractivity contribution is 0.0496. The lowest BCUT2D eigenvalue weighted by Crippen LogP contribution is -2.37. The van der Waals surface area contributed by atoms with Gasteiger partial charge in [0.25, 0.3) is 0 Å². The third-order valence-electron chi connectivity index (χ3n) is 4.08. The van der Waals surface area contributed by atoms with Gasteiger partial charge in [-0.25, -0.2) is 0 Å². The van der Waals surface area contributed by atoms with Crippen LogP contribution in [0.3, 0.4) is 0 Å². The minimum atomic E-state index is -0.353. The molecule has 1 aliphatic carbocycles. The monoisotopic (exact) mass is 285 g/mol. The normalized spacial score (nSPS) is 28.4. The maximum Gasteiger partial charge on any atom is 0.0778 e. The minimum absolute atomic E-state index is 0.0801. The second-order valence-corrected chi connectivity index (χ2v) is 6.11. The predicted octanol–water partition coefficient (Wildman–Crippen LogP) is 3.44. The number of aliphatic hydroxyl groups excluding tert-OH is 1. The molecule has 0 bridgehead atoms. The Kier molecular flexibility index (Phi) is 3.55. The summed E-state index contributed by atoms with van der Waals surface area (Å²) in [6.45, 7) is 2.12. The van der Waals surface area contributed by atoms with Crippen molar-refractivity contribution in [1.29, 1.82) is 0 Å². The molecule has 1 aliphatic heterocycles. The van der Waals surface area contributed by atoms with Gasteiger partial charge in [0.05, 0.1) is 12.1 Å². The molecule has 4 heteroatoms. The summed E-state index contributed by atoms with van der Waals surface area (Å²) in [6, 6.07) is 3.82. The van der Waals surface area contributed by atoms with Crippen LogP contribution in [0.5, 0.6) is 0 Å². The maximum absolute atomic E-state index is 10.3. The fourth-order valence-corrected chi connectivity index (χ4v) is 3.85. The molecule has 2 nitrogen and oxygen atoms in total. The Morgan fingerprint density at radius 1 is 1.11 bits per heavy atom. The third-order valence-corrected chi connectivity index (χ3v) is 4.63. The number of fused-ring (bicyclic) bond motifs is 1. The summed E-state index contributed by atoms with van der Waals surface area (Å²) in [5.74, 6) is 0. The van der Waals surface area contributed by atoms with Crippen LogP contribution < -0.4 is 0 Å². The molecule has 1 aromatic carbocycles. The van der Waals surface area contributed by atoms with Crippen molar-refractivity contribution in [2.24, 2.45) is 0 Å². The van der Waals surface area contributed by atoms with E-state index in [-0.39, 0.29) is 12.1 Å². The van der Waals surface area contributed by atoms with E-state index in [1.807, 2.05) is 6.07 Å². The summed E-state index contributed by atoms with van der Waals surface area (Å²) in [6.07, 6.45) is 4.02. The van der Waals surface area contributed by atoms with Crippen molar-refractivity contribution in [2.75, 3.05) is 13.1 Å². The van der Waals surface area contributed by atoms with Gasteiger partial charge in [0.15, 0.2) is 0 Å². The molecule has 0 amide bonds. The lowest BCUT2D eigenvalue weighted by Gasteiger charge is -2.34. The van der Waals surface area contributed by atoms with Crippen LogP contribution in [0.4, 0.5) is 0 Å². The molecule has 1 aromatic rings. The van der Waals surface area contributed by atoms with E-state index in [2.05, 4.69) is 4.90 Å². The molecule has 1 saturated heterocycles. The van der Waals surface area contributed by atoms with E-state index in [0.717, 1.165) is 24.2 Å². The van der Waals surface area contributed by atoms with Crippen molar-refractivity contribution in [3.63, 3.8) is 0 Å². The second-order valence-electron chi connectivity index (χ2n) is 5.27. The molecule has 0 unspecified atom stereocenters. The highest BCUT2D eigenvalue weighted by Gasteiger charge is 2.37. The number of hydrogen-bond acceptors (Lipinski definition) is 2. The molecule has 3 rings (SSSR count). The molecule has 0 spiro atoms. The summed E-state index contributed by atoms with van der Waals surface area (Å²) in [4.78, 5) is 2.38. The van der Waals surface area contributed by atoms with Gasteiger partial charge in [0, 0.05) is 16.5 Å². The van der Waals surface area contributed by atoms with Crippen LogP contribution in [-0.4, -0.2) is 29.2 Å². The molecule has 0 saturated carbocycles. The van der Waals surface area contributed by atoms with Crippen molar-refractivity contribution in [3.05, 3.63) is 33.3 Å². The highest BCUT2D eigenvalue weighted by atomic mass is 35.5. The molecule has 18 heavy (non-hydrogen) atoms. The molecule has 0 radical (unpaired) electrons. The van der Waals surface area contributed by atoms with E-state index in [0.29, 0.717) is 16.5 Å². The molecule has 1 fully saturated rings. The lowest BCUT2D eigenvalue weighted by atomic mass is 10.0. The van der Waals surface area contributed by atoms with Gasteiger partial charge in [-0.3, -0.25) is 4.90 Å². The van der Waals surface area contributed by atoms with Crippen molar-refractivity contribution >= 4 is 23.2 Å². The predicted molar refractivity (Wildman–Crippen MR) is 74.3 cm³/mol. The summed E-state index contributed by atoms with van der Waals surface area (Å²) in [5.41, 5.74) is 2.20. The molecule has 1 heterocycles. The number of halogens is 2. The first-order valence-electron chi connectivity index (χ1n) is 6.57. The van der Waals surface area contributed by atoms with Gasteiger partial charge in [-0.1, -0.05) is 29.6 Å². The fraction of sp³-hybridized carbons (Fsp3) is 0.571. The van der Waals surface area contributed by atoms with E-state index in [4.69, 9.17) is 23.2 Å². The highest BCUT2D eigenvalue weighted by molar-refractivity contribution is 6.35. The zero-order valence-electron chi connectivity index (χ0n) is 10.2. The number of benzene rings is 1. The Hall–Kier alpha value is -0.280. The summed E-state index contributed by atoms with van der Waals surface area (Å²) in [7, 11) is 0. The average molecular weight is 286 g/mol. The van der Waals surface area contributed by atoms with Crippen LogP contribution in [-0.2, 0) is 6.42 Å². The average Bonchev–Trinajstić information content (AvgIpc) is 2.67. The van der Waals surface area contributed by atoms with Gasteiger partial charge in [0.1, 0.15) is 0 Å². The van der Waals surface area contributed by atoms with Crippen LogP contribution in [0.1, 0.15) is 36.4 Å². The highest BCUT2D eigenvalue weighted by Crippen LogP contribution is 2.41. The standard InChI is InChI=1S/C14H17Cl2NO/c15-9-6-11-10(12(16)7-9)8-13(18)14(11)17-4-2-1-3-5-17/h6-7,13-14,18H,1-5,8H2/t13-,14-/m1/s1. The van der Waals surface area contributed by atoms with Crippen LogP contribution in [0.15, 0.2) is 12.1 Å². The van der Waals surface area contributed by atoms with Crippen molar-refractivity contribution < 1.29 is 5.11 Å². The zero-order chi connectivity index (χ0) is 12.7. The van der Waals surface area contributed by atoms with E-state index in [1.165, 1.54) is 19.3 Å². The Morgan fingerprint density at radius 3 is 2.56 bits per heavy atom. The van der Waals surface area contributed by atoms with Crippen molar-refractivity contribution in [3.8, 4) is 0 Å². The van der Waals surface area contributed by atoms with Crippen molar-refractivity contribution in [1.82, 2.24) is 4.90 Å². The topological polar surface area (TPSA) is 23.5 Å². The molecule has 0 aromatic heterocycles. The first-order valence-corrected chi connectivity index (χ1v) is 7.32. The van der Waals surface area contributed by atoms with Gasteiger partial charge >= 0.3 is 0 Å². The minimum Gasteiger partial charge on any atom is -0.391 e. The molecule has 2 atom stereocenters. The SMILES string of the molecule is O[C@@H]1Cc2c(Cl)cc(Cl)cc2[C@H]1N1CCCCC1. The van der Waals surface area contributed by atoms with E-state index in [9.17, 15) is 5.11 Å². The second kappa shape index (κ2) is 5.01. The number of hydrogen-bond donors (Lipinski definition) is 1.